The van der Waals surface area contributed by atoms with Gasteiger partial charge in [-0.25, -0.2) is 4.79 Å². The van der Waals surface area contributed by atoms with Crippen LogP contribution < -0.4 is 5.32 Å². The number of fused-ring (bicyclic) bond motifs is 2. The number of amides is 1. The Hall–Kier alpha value is -2.73. The Morgan fingerprint density at radius 3 is 2.73 bits per heavy atom. The Morgan fingerprint density at radius 2 is 1.92 bits per heavy atom. The minimum absolute atomic E-state index is 0.209. The van der Waals surface area contributed by atoms with Gasteiger partial charge in [0.25, 0.3) is 5.91 Å². The third-order valence-electron chi connectivity index (χ3n) is 4.56. The van der Waals surface area contributed by atoms with E-state index >= 15 is 0 Å². The molecule has 1 aliphatic rings. The number of hydrogen-bond acceptors (Lipinski definition) is 4. The summed E-state index contributed by atoms with van der Waals surface area (Å²) in [5.74, 6) is -0.927. The van der Waals surface area contributed by atoms with Crippen molar-refractivity contribution in [3.05, 3.63) is 60.3 Å². The number of nitrogens with zero attached hydrogens (tertiary/aromatic N) is 1. The monoisotopic (exact) mass is 366 g/mol. The van der Waals surface area contributed by atoms with Crippen molar-refractivity contribution in [2.45, 2.75) is 16.6 Å². The van der Waals surface area contributed by atoms with E-state index in [0.717, 1.165) is 15.8 Å². The zero-order valence-corrected chi connectivity index (χ0v) is 15.3. The summed E-state index contributed by atoms with van der Waals surface area (Å²) in [4.78, 5) is 27.1. The van der Waals surface area contributed by atoms with Crippen molar-refractivity contribution in [3.63, 3.8) is 0 Å². The highest BCUT2D eigenvalue weighted by Gasteiger charge is 2.54. The van der Waals surface area contributed by atoms with Crippen LogP contribution in [0.5, 0.6) is 0 Å². The van der Waals surface area contributed by atoms with Gasteiger partial charge in [-0.15, -0.1) is 0 Å². The number of benzene rings is 2. The lowest BCUT2D eigenvalue weighted by atomic mass is 9.95. The fourth-order valence-corrected chi connectivity index (χ4v) is 4.62. The Balaban J connectivity index is 1.99. The fourth-order valence-electron chi connectivity index (χ4n) is 3.36. The van der Waals surface area contributed by atoms with Crippen LogP contribution in [0, 0.1) is 0 Å². The van der Waals surface area contributed by atoms with Gasteiger partial charge in [0, 0.05) is 34.6 Å². The SMILES string of the molecule is CCOC(=O)[C@]1(c2cn(C)c3ccccc23)Sc2ccccc2NC1=O. The van der Waals surface area contributed by atoms with E-state index in [1.54, 1.807) is 6.92 Å². The van der Waals surface area contributed by atoms with Gasteiger partial charge in [-0.1, -0.05) is 42.1 Å². The molecule has 26 heavy (non-hydrogen) atoms. The zero-order chi connectivity index (χ0) is 18.3. The summed E-state index contributed by atoms with van der Waals surface area (Å²) >= 11 is 1.24. The summed E-state index contributed by atoms with van der Waals surface area (Å²) in [6.07, 6.45) is 1.85. The van der Waals surface area contributed by atoms with Crippen LogP contribution in [0.4, 0.5) is 5.69 Å². The number of hydrogen-bond donors (Lipinski definition) is 1. The summed E-state index contributed by atoms with van der Waals surface area (Å²) in [5.41, 5.74) is 2.31. The number of nitrogens with one attached hydrogen (secondary N) is 1. The number of aromatic nitrogens is 1. The van der Waals surface area contributed by atoms with E-state index in [4.69, 9.17) is 4.74 Å². The minimum Gasteiger partial charge on any atom is -0.464 e. The van der Waals surface area contributed by atoms with Crippen molar-refractivity contribution >= 4 is 40.2 Å². The van der Waals surface area contributed by atoms with Crippen LogP contribution >= 0.6 is 11.8 Å². The number of carbonyl (C=O) groups is 2. The predicted octanol–water partition coefficient (Wildman–Crippen LogP) is 3.68. The Kier molecular flexibility index (Phi) is 4.00. The number of carbonyl (C=O) groups excluding carboxylic acids is 2. The van der Waals surface area contributed by atoms with Crippen molar-refractivity contribution in [3.8, 4) is 0 Å². The number of rotatable bonds is 3. The molecule has 0 unspecified atom stereocenters. The Labute approximate surface area is 155 Å². The topological polar surface area (TPSA) is 60.3 Å². The Bertz CT molecular complexity index is 1030. The summed E-state index contributed by atoms with van der Waals surface area (Å²) in [6, 6.07) is 15.2. The van der Waals surface area contributed by atoms with Crippen LogP contribution in [-0.4, -0.2) is 23.1 Å². The van der Waals surface area contributed by atoms with Crippen LogP contribution in [0.1, 0.15) is 12.5 Å². The second-order valence-electron chi connectivity index (χ2n) is 6.12. The maximum absolute atomic E-state index is 13.2. The van der Waals surface area contributed by atoms with E-state index in [0.29, 0.717) is 11.3 Å². The number of ether oxygens (including phenoxy) is 1. The number of thioether (sulfide) groups is 1. The molecule has 2 heterocycles. The number of esters is 1. The van der Waals surface area contributed by atoms with E-state index in [9.17, 15) is 9.59 Å². The van der Waals surface area contributed by atoms with Crippen LogP contribution in [-0.2, 0) is 26.1 Å². The third-order valence-corrected chi connectivity index (χ3v) is 6.01. The molecule has 1 atom stereocenters. The average Bonchev–Trinajstić information content (AvgIpc) is 2.99. The van der Waals surface area contributed by atoms with Crippen molar-refractivity contribution in [2.24, 2.45) is 7.05 Å². The minimum atomic E-state index is -1.48. The molecule has 0 aliphatic carbocycles. The van der Waals surface area contributed by atoms with Gasteiger partial charge in [0.05, 0.1) is 12.3 Å². The molecule has 6 heteroatoms. The van der Waals surface area contributed by atoms with Gasteiger partial charge in [0.15, 0.2) is 0 Å². The van der Waals surface area contributed by atoms with Crippen molar-refractivity contribution < 1.29 is 14.3 Å². The van der Waals surface area contributed by atoms with E-state index in [-0.39, 0.29) is 12.5 Å². The van der Waals surface area contributed by atoms with Crippen molar-refractivity contribution in [2.75, 3.05) is 11.9 Å². The number of para-hydroxylation sites is 2. The summed E-state index contributed by atoms with van der Waals surface area (Å²) in [5, 5.41) is 3.76. The average molecular weight is 366 g/mol. The first kappa shape index (κ1) is 16.7. The van der Waals surface area contributed by atoms with Crippen molar-refractivity contribution in [1.82, 2.24) is 4.57 Å². The summed E-state index contributed by atoms with van der Waals surface area (Å²) < 4.78 is 5.80. The van der Waals surface area contributed by atoms with Crippen LogP contribution in [0.25, 0.3) is 10.9 Å². The zero-order valence-electron chi connectivity index (χ0n) is 14.5. The first-order valence-electron chi connectivity index (χ1n) is 8.39. The van der Waals surface area contributed by atoms with Crippen molar-refractivity contribution in [1.29, 1.82) is 0 Å². The molecular formula is C20H18N2O3S. The molecule has 1 N–H and O–H groups in total. The number of aryl methyl sites for hydroxylation is 1. The molecule has 1 aromatic heterocycles. The smallest absolute Gasteiger partial charge is 0.337 e. The summed E-state index contributed by atoms with van der Waals surface area (Å²) in [6.45, 7) is 1.95. The maximum Gasteiger partial charge on any atom is 0.337 e. The first-order valence-corrected chi connectivity index (χ1v) is 9.21. The molecule has 3 aromatic rings. The van der Waals surface area contributed by atoms with Crippen LogP contribution in [0.2, 0.25) is 0 Å². The molecule has 1 aliphatic heterocycles. The maximum atomic E-state index is 13.2. The highest BCUT2D eigenvalue weighted by Crippen LogP contribution is 2.51. The van der Waals surface area contributed by atoms with Gasteiger partial charge in [0.1, 0.15) is 0 Å². The molecule has 0 bridgehead atoms. The van der Waals surface area contributed by atoms with Gasteiger partial charge in [0.2, 0.25) is 4.75 Å². The highest BCUT2D eigenvalue weighted by molar-refractivity contribution is 8.02. The molecule has 1 amide bonds. The lowest BCUT2D eigenvalue weighted by molar-refractivity contribution is -0.149. The van der Waals surface area contributed by atoms with Gasteiger partial charge in [-0.3, -0.25) is 4.79 Å². The molecule has 0 fully saturated rings. The first-order chi connectivity index (χ1) is 12.6. The number of anilines is 1. The van der Waals surface area contributed by atoms with Crippen LogP contribution in [0.3, 0.4) is 0 Å². The van der Waals surface area contributed by atoms with Crippen LogP contribution in [0.15, 0.2) is 59.6 Å². The van der Waals surface area contributed by atoms with Gasteiger partial charge in [-0.2, -0.15) is 0 Å². The highest BCUT2D eigenvalue weighted by atomic mass is 32.2. The van der Waals surface area contributed by atoms with Gasteiger partial charge >= 0.3 is 5.97 Å². The predicted molar refractivity (Wildman–Crippen MR) is 102 cm³/mol. The molecule has 2 aromatic carbocycles. The Morgan fingerprint density at radius 1 is 1.19 bits per heavy atom. The standard InChI is InChI=1S/C20H18N2O3S/c1-3-25-19(24)20(14-12-22(2)16-10-6-4-8-13(14)16)18(23)21-15-9-5-7-11-17(15)26-20/h4-12H,3H2,1-2H3,(H,21,23)/t20-/m1/s1. The van der Waals surface area contributed by atoms with E-state index in [1.807, 2.05) is 66.3 Å². The molecule has 0 saturated heterocycles. The van der Waals surface area contributed by atoms with E-state index in [1.165, 1.54) is 11.8 Å². The molecule has 4 rings (SSSR count). The van der Waals surface area contributed by atoms with Gasteiger partial charge < -0.3 is 14.6 Å². The molecule has 132 valence electrons. The second kappa shape index (κ2) is 6.21. The molecule has 0 saturated carbocycles. The molecule has 0 spiro atoms. The second-order valence-corrected chi connectivity index (χ2v) is 7.38. The third kappa shape index (κ3) is 2.33. The summed E-state index contributed by atoms with van der Waals surface area (Å²) in [7, 11) is 1.91. The molecule has 0 radical (unpaired) electrons. The molecular weight excluding hydrogens is 348 g/mol. The largest absolute Gasteiger partial charge is 0.464 e. The van der Waals surface area contributed by atoms with E-state index < -0.39 is 10.7 Å². The van der Waals surface area contributed by atoms with Gasteiger partial charge in [-0.05, 0) is 25.1 Å². The normalized spacial score (nSPS) is 19.1. The van der Waals surface area contributed by atoms with E-state index in [2.05, 4.69) is 5.32 Å². The quantitative estimate of drug-likeness (QED) is 0.567. The lowest BCUT2D eigenvalue weighted by Gasteiger charge is -2.34. The molecule has 5 nitrogen and oxygen atoms in total. The fraction of sp³-hybridized carbons (Fsp3) is 0.200. The lowest BCUT2D eigenvalue weighted by Crippen LogP contribution is -2.47.